The van der Waals surface area contributed by atoms with Crippen LogP contribution in [0.4, 0.5) is 0 Å². The van der Waals surface area contributed by atoms with Gasteiger partial charge in [-0.2, -0.15) is 0 Å². The van der Waals surface area contributed by atoms with E-state index in [1.54, 1.807) is 0 Å². The zero-order chi connectivity index (χ0) is 17.0. The number of oxime groups is 1. The van der Waals surface area contributed by atoms with E-state index in [-0.39, 0.29) is 5.41 Å². The van der Waals surface area contributed by atoms with Gasteiger partial charge in [0, 0.05) is 23.9 Å². The van der Waals surface area contributed by atoms with Crippen LogP contribution in [-0.4, -0.2) is 35.5 Å². The zero-order valence-corrected chi connectivity index (χ0v) is 15.4. The molecule has 1 aromatic rings. The van der Waals surface area contributed by atoms with Crippen LogP contribution in [0.2, 0.25) is 0 Å². The van der Waals surface area contributed by atoms with Crippen molar-refractivity contribution in [3.05, 3.63) is 34.9 Å². The zero-order valence-electron chi connectivity index (χ0n) is 15.4. The molecule has 3 aliphatic carbocycles. The van der Waals surface area contributed by atoms with Gasteiger partial charge in [-0.05, 0) is 81.5 Å². The minimum Gasteiger partial charge on any atom is -0.411 e. The van der Waals surface area contributed by atoms with Gasteiger partial charge in [0.25, 0.3) is 0 Å². The second-order valence-corrected chi connectivity index (χ2v) is 9.29. The molecule has 25 heavy (non-hydrogen) atoms. The van der Waals surface area contributed by atoms with Crippen LogP contribution in [0.15, 0.2) is 23.4 Å². The number of piperidine rings is 1. The highest BCUT2D eigenvalue weighted by atomic mass is 16.4. The molecule has 1 aromatic carbocycles. The first-order valence-electron chi connectivity index (χ1n) is 10.2. The molecule has 3 fully saturated rings. The summed E-state index contributed by atoms with van der Waals surface area (Å²) in [4.78, 5) is 2.73. The Morgan fingerprint density at radius 3 is 2.72 bits per heavy atom. The first-order valence-corrected chi connectivity index (χ1v) is 10.2. The summed E-state index contributed by atoms with van der Waals surface area (Å²) >= 11 is 0. The van der Waals surface area contributed by atoms with E-state index in [0.717, 1.165) is 29.9 Å². The molecule has 1 unspecified atom stereocenters. The molecule has 2 bridgehead atoms. The summed E-state index contributed by atoms with van der Waals surface area (Å²) in [6.07, 6.45) is 9.36. The third-order valence-electron chi connectivity index (χ3n) is 7.87. The van der Waals surface area contributed by atoms with Gasteiger partial charge in [0.05, 0.1) is 5.71 Å². The van der Waals surface area contributed by atoms with Crippen molar-refractivity contribution < 1.29 is 5.21 Å². The number of rotatable bonds is 2. The van der Waals surface area contributed by atoms with E-state index in [0.29, 0.717) is 0 Å². The molecule has 1 heterocycles. The molecule has 3 heteroatoms. The smallest absolute Gasteiger partial charge is 0.0879 e. The molecule has 3 atom stereocenters. The van der Waals surface area contributed by atoms with Crippen LogP contribution < -0.4 is 0 Å². The number of nitrogens with zero attached hydrogens (tertiary/aromatic N) is 2. The fourth-order valence-electron chi connectivity index (χ4n) is 6.50. The molecular formula is C22H30N2O. The standard InChI is InChI=1S/C22H30N2O/c1-15-2-5-20-19(10-15)21(23-25)13-22(20)6-8-24(9-7-22)14-18-12-16-3-4-17(18)11-16/h2,5,10,16-18,25H,3-4,6-9,11-14H2,1H3/b23-21+/t16-,17+,18?/m0/s1. The lowest BCUT2D eigenvalue weighted by molar-refractivity contribution is 0.126. The molecule has 1 aliphatic heterocycles. The molecule has 3 nitrogen and oxygen atoms in total. The van der Waals surface area contributed by atoms with Crippen LogP contribution in [0.5, 0.6) is 0 Å². The molecule has 134 valence electrons. The lowest BCUT2D eigenvalue weighted by Crippen LogP contribution is -2.44. The van der Waals surface area contributed by atoms with Gasteiger partial charge in [0.1, 0.15) is 0 Å². The Labute approximate surface area is 151 Å². The Morgan fingerprint density at radius 2 is 2.04 bits per heavy atom. The SMILES string of the molecule is Cc1ccc2c(c1)/C(=N/O)CC21CCN(CC2C[C@H]3CC[C@@H]2C3)CC1. The molecule has 2 saturated carbocycles. The molecule has 1 N–H and O–H groups in total. The second-order valence-electron chi connectivity index (χ2n) is 9.29. The number of aryl methyl sites for hydroxylation is 1. The Bertz CT molecular complexity index is 702. The van der Waals surface area contributed by atoms with Gasteiger partial charge in [-0.25, -0.2) is 0 Å². The van der Waals surface area contributed by atoms with Gasteiger partial charge in [-0.15, -0.1) is 0 Å². The topological polar surface area (TPSA) is 35.8 Å². The van der Waals surface area contributed by atoms with Crippen LogP contribution in [0.3, 0.4) is 0 Å². The molecule has 1 saturated heterocycles. The highest BCUT2D eigenvalue weighted by Crippen LogP contribution is 2.50. The highest BCUT2D eigenvalue weighted by molar-refractivity contribution is 6.06. The maximum absolute atomic E-state index is 9.50. The van der Waals surface area contributed by atoms with E-state index < -0.39 is 0 Å². The summed E-state index contributed by atoms with van der Waals surface area (Å²) < 4.78 is 0. The second kappa shape index (κ2) is 5.84. The van der Waals surface area contributed by atoms with Gasteiger partial charge in [-0.1, -0.05) is 29.3 Å². The average molecular weight is 338 g/mol. The fourth-order valence-corrected chi connectivity index (χ4v) is 6.50. The number of hydrogen-bond donors (Lipinski definition) is 1. The van der Waals surface area contributed by atoms with Gasteiger partial charge in [0.2, 0.25) is 0 Å². The molecule has 1 spiro atoms. The van der Waals surface area contributed by atoms with Crippen LogP contribution >= 0.6 is 0 Å². The number of hydrogen-bond acceptors (Lipinski definition) is 3. The molecule has 0 amide bonds. The van der Waals surface area contributed by atoms with E-state index in [1.165, 1.54) is 74.8 Å². The minimum absolute atomic E-state index is 0.218. The van der Waals surface area contributed by atoms with Crippen molar-refractivity contribution in [1.82, 2.24) is 4.90 Å². The lowest BCUT2D eigenvalue weighted by Gasteiger charge is -2.41. The molecule has 0 aromatic heterocycles. The van der Waals surface area contributed by atoms with Crippen molar-refractivity contribution >= 4 is 5.71 Å². The number of likely N-dealkylation sites (tertiary alicyclic amines) is 1. The van der Waals surface area contributed by atoms with E-state index >= 15 is 0 Å². The molecule has 5 rings (SSSR count). The lowest BCUT2D eigenvalue weighted by atomic mass is 9.73. The van der Waals surface area contributed by atoms with Gasteiger partial charge < -0.3 is 10.1 Å². The predicted octanol–water partition coefficient (Wildman–Crippen LogP) is 4.35. The van der Waals surface area contributed by atoms with E-state index in [4.69, 9.17) is 0 Å². The Balaban J connectivity index is 1.30. The molecule has 0 radical (unpaired) electrons. The van der Waals surface area contributed by atoms with Crippen molar-refractivity contribution in [2.45, 2.75) is 57.3 Å². The highest BCUT2D eigenvalue weighted by Gasteiger charge is 2.45. The van der Waals surface area contributed by atoms with Gasteiger partial charge >= 0.3 is 0 Å². The summed E-state index contributed by atoms with van der Waals surface area (Å²) in [5.41, 5.74) is 5.01. The predicted molar refractivity (Wildman–Crippen MR) is 100 cm³/mol. The molecular weight excluding hydrogens is 308 g/mol. The normalized spacial score (nSPS) is 34.9. The quantitative estimate of drug-likeness (QED) is 0.643. The maximum atomic E-state index is 9.50. The number of fused-ring (bicyclic) bond motifs is 4. The van der Waals surface area contributed by atoms with E-state index in [9.17, 15) is 5.21 Å². The first-order chi connectivity index (χ1) is 12.2. The summed E-state index contributed by atoms with van der Waals surface area (Å²) in [6, 6.07) is 6.73. The van der Waals surface area contributed by atoms with Crippen molar-refractivity contribution in [2.24, 2.45) is 22.9 Å². The summed E-state index contributed by atoms with van der Waals surface area (Å²) in [7, 11) is 0. The third kappa shape index (κ3) is 2.54. The maximum Gasteiger partial charge on any atom is 0.0879 e. The molecule has 4 aliphatic rings. The van der Waals surface area contributed by atoms with Crippen LogP contribution in [0.25, 0.3) is 0 Å². The number of benzene rings is 1. The van der Waals surface area contributed by atoms with Crippen molar-refractivity contribution in [3.63, 3.8) is 0 Å². The summed E-state index contributed by atoms with van der Waals surface area (Å²) in [5.74, 6) is 3.06. The minimum atomic E-state index is 0.218. The average Bonchev–Trinajstić information content (AvgIpc) is 3.31. The fraction of sp³-hybridized carbons (Fsp3) is 0.682. The van der Waals surface area contributed by atoms with Crippen LogP contribution in [0, 0.1) is 24.7 Å². The van der Waals surface area contributed by atoms with Crippen LogP contribution in [-0.2, 0) is 5.41 Å². The van der Waals surface area contributed by atoms with Gasteiger partial charge in [0.15, 0.2) is 0 Å². The van der Waals surface area contributed by atoms with Crippen LogP contribution in [0.1, 0.15) is 61.6 Å². The van der Waals surface area contributed by atoms with Gasteiger partial charge in [-0.3, -0.25) is 0 Å². The monoisotopic (exact) mass is 338 g/mol. The summed E-state index contributed by atoms with van der Waals surface area (Å²) in [5, 5.41) is 13.1. The van der Waals surface area contributed by atoms with Crippen molar-refractivity contribution in [3.8, 4) is 0 Å². The van der Waals surface area contributed by atoms with Crippen molar-refractivity contribution in [2.75, 3.05) is 19.6 Å². The first kappa shape index (κ1) is 15.9. The summed E-state index contributed by atoms with van der Waals surface area (Å²) in [6.45, 7) is 5.87. The Hall–Kier alpha value is -1.35. The Kier molecular flexibility index (Phi) is 3.70. The largest absolute Gasteiger partial charge is 0.411 e. The Morgan fingerprint density at radius 1 is 1.20 bits per heavy atom. The van der Waals surface area contributed by atoms with E-state index in [2.05, 4.69) is 35.2 Å². The van der Waals surface area contributed by atoms with E-state index in [1.807, 2.05) is 0 Å². The third-order valence-corrected chi connectivity index (χ3v) is 7.87. The van der Waals surface area contributed by atoms with Crippen molar-refractivity contribution in [1.29, 1.82) is 0 Å².